The third kappa shape index (κ3) is 6.74. The molecule has 2 aromatic rings. The molecule has 31 heavy (non-hydrogen) atoms. The Morgan fingerprint density at radius 1 is 1.29 bits per heavy atom. The van der Waals surface area contributed by atoms with E-state index in [9.17, 15) is 23.1 Å². The number of carbonyl (C=O) groups excluding carboxylic acids is 1. The van der Waals surface area contributed by atoms with Gasteiger partial charge in [-0.05, 0) is 50.1 Å². The number of nitrogens with one attached hydrogen (secondary N) is 1. The molecular formula is C22H25F3N4O2. The van der Waals surface area contributed by atoms with E-state index in [0.717, 1.165) is 25.5 Å². The number of phenols is 1. The molecule has 4 N–H and O–H groups in total. The highest BCUT2D eigenvalue weighted by molar-refractivity contribution is 6.02. The molecule has 6 nitrogen and oxygen atoms in total. The lowest BCUT2D eigenvalue weighted by Gasteiger charge is -2.14. The maximum absolute atomic E-state index is 12.8. The van der Waals surface area contributed by atoms with Crippen molar-refractivity contribution in [2.24, 2.45) is 4.99 Å². The highest BCUT2D eigenvalue weighted by atomic mass is 19.4. The van der Waals surface area contributed by atoms with Crippen molar-refractivity contribution in [1.29, 1.82) is 0 Å². The Balaban J connectivity index is 0.000000508. The minimum absolute atomic E-state index is 0.198. The second-order valence-electron chi connectivity index (χ2n) is 6.58. The Morgan fingerprint density at radius 3 is 2.32 bits per heavy atom. The molecule has 0 aliphatic carbocycles. The molecule has 0 saturated carbocycles. The van der Waals surface area contributed by atoms with E-state index in [1.807, 2.05) is 0 Å². The Labute approximate surface area is 179 Å². The number of phenolic OH excluding ortho intramolecular Hbond substituents is 1. The largest absolute Gasteiger partial charge is 0.507 e. The Kier molecular flexibility index (Phi) is 9.06. The predicted octanol–water partition coefficient (Wildman–Crippen LogP) is 3.95. The van der Waals surface area contributed by atoms with Crippen molar-refractivity contribution >= 4 is 17.4 Å². The van der Waals surface area contributed by atoms with Gasteiger partial charge in [0.2, 0.25) is 5.91 Å². The van der Waals surface area contributed by atoms with Crippen LogP contribution in [0.15, 0.2) is 29.3 Å². The Morgan fingerprint density at radius 2 is 1.94 bits per heavy atom. The minimum Gasteiger partial charge on any atom is -0.507 e. The van der Waals surface area contributed by atoms with Crippen LogP contribution in [0, 0.1) is 19.8 Å². The van der Waals surface area contributed by atoms with Crippen molar-refractivity contribution in [3.8, 4) is 29.9 Å². The zero-order valence-corrected chi connectivity index (χ0v) is 17.5. The first-order valence-electron chi connectivity index (χ1n) is 9.26. The van der Waals surface area contributed by atoms with E-state index in [0.29, 0.717) is 23.0 Å². The summed E-state index contributed by atoms with van der Waals surface area (Å²) in [6, 6.07) is 4.93. The van der Waals surface area contributed by atoms with Crippen molar-refractivity contribution in [3.05, 3.63) is 41.0 Å². The van der Waals surface area contributed by atoms with E-state index in [1.165, 1.54) is 6.92 Å². The van der Waals surface area contributed by atoms with E-state index in [4.69, 9.17) is 5.73 Å². The molecule has 0 atom stereocenters. The van der Waals surface area contributed by atoms with Crippen LogP contribution < -0.4 is 11.1 Å². The molecule has 0 bridgehead atoms. The number of benzene rings is 1. The first-order chi connectivity index (χ1) is 14.5. The van der Waals surface area contributed by atoms with Gasteiger partial charge < -0.3 is 16.2 Å². The summed E-state index contributed by atoms with van der Waals surface area (Å²) in [6.07, 6.45) is 5.24. The number of rotatable bonds is 2. The number of aromatic hydroxyl groups is 1. The third-order valence-electron chi connectivity index (χ3n) is 4.45. The van der Waals surface area contributed by atoms with Gasteiger partial charge >= 0.3 is 6.18 Å². The number of anilines is 1. The van der Waals surface area contributed by atoms with E-state index in [1.54, 1.807) is 26.1 Å². The van der Waals surface area contributed by atoms with Crippen molar-refractivity contribution in [2.45, 2.75) is 32.9 Å². The van der Waals surface area contributed by atoms with Gasteiger partial charge in [-0.25, -0.2) is 4.98 Å². The molecule has 1 aromatic heterocycles. The summed E-state index contributed by atoms with van der Waals surface area (Å²) >= 11 is 0. The standard InChI is InChI=1S/C16H16F3N3O.C4H7NO.C2H2/c1-8-6-10(16(17,18)19)7-13(23)14(8)12-5-4-11(9(2)21-3)15(20)22-12;6-4-2-1-3-5-4;1-2/h4-7,23H,1-3H3,(H2,20,22);1-3H2,(H,5,6);1-2H. The number of aryl methyl sites for hydroxylation is 1. The maximum atomic E-state index is 12.8. The average molecular weight is 434 g/mol. The molecule has 1 aromatic carbocycles. The molecule has 0 unspecified atom stereocenters. The summed E-state index contributed by atoms with van der Waals surface area (Å²) in [5.41, 5.74) is 7.09. The minimum atomic E-state index is -4.52. The zero-order chi connectivity index (χ0) is 23.8. The molecule has 9 heteroatoms. The van der Waals surface area contributed by atoms with Crippen LogP contribution in [0.1, 0.15) is 36.5 Å². The van der Waals surface area contributed by atoms with Crippen LogP contribution in [-0.4, -0.2) is 35.3 Å². The second kappa shape index (κ2) is 11.0. The van der Waals surface area contributed by atoms with Crippen LogP contribution >= 0.6 is 0 Å². The van der Waals surface area contributed by atoms with Gasteiger partial charge in [0, 0.05) is 36.9 Å². The topological polar surface area (TPSA) is 101 Å². The summed E-state index contributed by atoms with van der Waals surface area (Å²) in [5, 5.41) is 12.7. The molecule has 2 heterocycles. The van der Waals surface area contributed by atoms with Gasteiger partial charge in [0.25, 0.3) is 0 Å². The van der Waals surface area contributed by atoms with Gasteiger partial charge in [-0.15, -0.1) is 12.8 Å². The normalized spacial score (nSPS) is 13.4. The van der Waals surface area contributed by atoms with Crippen LogP contribution in [0.2, 0.25) is 0 Å². The fraction of sp³-hybridized carbons (Fsp3) is 0.318. The number of nitrogens with two attached hydrogens (primary N) is 1. The number of alkyl halides is 3. The van der Waals surface area contributed by atoms with Gasteiger partial charge in [0.1, 0.15) is 11.6 Å². The molecule has 3 rings (SSSR count). The van der Waals surface area contributed by atoms with Crippen molar-refractivity contribution < 1.29 is 23.1 Å². The number of hydrogen-bond donors (Lipinski definition) is 3. The first kappa shape index (κ1) is 25.5. The lowest BCUT2D eigenvalue weighted by Crippen LogP contribution is -2.12. The van der Waals surface area contributed by atoms with Gasteiger partial charge in [-0.2, -0.15) is 13.2 Å². The summed E-state index contributed by atoms with van der Waals surface area (Å²) in [6.45, 7) is 4.14. The quantitative estimate of drug-likeness (QED) is 0.492. The fourth-order valence-electron chi connectivity index (χ4n) is 2.87. The fourth-order valence-corrected chi connectivity index (χ4v) is 2.87. The molecule has 1 amide bonds. The lowest BCUT2D eigenvalue weighted by molar-refractivity contribution is -0.137. The zero-order valence-electron chi connectivity index (χ0n) is 17.5. The highest BCUT2D eigenvalue weighted by Gasteiger charge is 2.32. The smallest absolute Gasteiger partial charge is 0.416 e. The number of terminal acetylenes is 1. The van der Waals surface area contributed by atoms with E-state index < -0.39 is 17.5 Å². The van der Waals surface area contributed by atoms with Crippen LogP contribution in [-0.2, 0) is 11.0 Å². The molecular weight excluding hydrogens is 409 g/mol. The van der Waals surface area contributed by atoms with E-state index in [-0.39, 0.29) is 22.9 Å². The van der Waals surface area contributed by atoms with Crippen LogP contribution in [0.25, 0.3) is 11.3 Å². The Hall–Kier alpha value is -3.54. The molecule has 1 fully saturated rings. The number of pyridine rings is 1. The van der Waals surface area contributed by atoms with Gasteiger partial charge in [0.15, 0.2) is 0 Å². The molecule has 1 aliphatic rings. The van der Waals surface area contributed by atoms with E-state index in [2.05, 4.69) is 28.1 Å². The summed E-state index contributed by atoms with van der Waals surface area (Å²) in [7, 11) is 1.62. The average Bonchev–Trinajstić information content (AvgIpc) is 3.19. The van der Waals surface area contributed by atoms with Crippen molar-refractivity contribution in [2.75, 3.05) is 19.3 Å². The number of hydrogen-bond acceptors (Lipinski definition) is 5. The molecule has 1 saturated heterocycles. The summed E-state index contributed by atoms with van der Waals surface area (Å²) < 4.78 is 38.3. The number of halogens is 3. The highest BCUT2D eigenvalue weighted by Crippen LogP contribution is 2.38. The molecule has 0 spiro atoms. The SMILES string of the molecule is C#C.CN=C(C)c1ccc(-c2c(C)cc(C(F)(F)F)cc2O)nc1N.O=C1CCCN1. The molecule has 166 valence electrons. The van der Waals surface area contributed by atoms with Crippen LogP contribution in [0.5, 0.6) is 5.75 Å². The summed E-state index contributed by atoms with van der Waals surface area (Å²) in [5.74, 6) is -0.0860. The van der Waals surface area contributed by atoms with E-state index >= 15 is 0 Å². The third-order valence-corrected chi connectivity index (χ3v) is 4.45. The lowest BCUT2D eigenvalue weighted by atomic mass is 9.99. The van der Waals surface area contributed by atoms with Crippen molar-refractivity contribution in [1.82, 2.24) is 10.3 Å². The number of aliphatic imine (C=N–C) groups is 1. The monoisotopic (exact) mass is 434 g/mol. The molecule has 0 radical (unpaired) electrons. The number of amides is 1. The second-order valence-corrected chi connectivity index (χ2v) is 6.58. The van der Waals surface area contributed by atoms with Crippen LogP contribution in [0.3, 0.4) is 0 Å². The number of nitrogens with zero attached hydrogens (tertiary/aromatic N) is 2. The summed E-state index contributed by atoms with van der Waals surface area (Å²) in [4.78, 5) is 18.3. The number of aromatic nitrogens is 1. The van der Waals surface area contributed by atoms with Crippen molar-refractivity contribution in [3.63, 3.8) is 0 Å². The maximum Gasteiger partial charge on any atom is 0.416 e. The number of nitrogen functional groups attached to an aromatic ring is 1. The number of carbonyl (C=O) groups is 1. The van der Waals surface area contributed by atoms with Gasteiger partial charge in [0.05, 0.1) is 11.3 Å². The molecule has 1 aliphatic heterocycles. The Bertz CT molecular complexity index is 951. The first-order valence-corrected chi connectivity index (χ1v) is 9.26. The van der Waals surface area contributed by atoms with Gasteiger partial charge in [-0.3, -0.25) is 9.79 Å². The predicted molar refractivity (Wildman–Crippen MR) is 116 cm³/mol. The van der Waals surface area contributed by atoms with Gasteiger partial charge in [-0.1, -0.05) is 0 Å². The van der Waals surface area contributed by atoms with Crippen LogP contribution in [0.4, 0.5) is 19.0 Å².